The van der Waals surface area contributed by atoms with Crippen LogP contribution in [0.15, 0.2) is 226 Å². The summed E-state index contributed by atoms with van der Waals surface area (Å²) in [5.41, 5.74) is 32.4. The molecule has 18 rings (SSSR count). The Kier molecular flexibility index (Phi) is 18.4. The third-order valence-electron chi connectivity index (χ3n) is 22.5. The number of hydrogen-bond acceptors (Lipinski definition) is 6. The minimum Gasteiger partial charge on any atom is -0.456 e. The zero-order chi connectivity index (χ0) is 76.3. The molecule has 0 fully saturated rings. The molecule has 9 aromatic carbocycles. The third kappa shape index (κ3) is 12.1. The van der Waals surface area contributed by atoms with Crippen LogP contribution in [-0.2, 0) is 21.1 Å². The van der Waals surface area contributed by atoms with Gasteiger partial charge in [0.25, 0.3) is 17.5 Å². The topological polar surface area (TPSA) is 105 Å². The van der Waals surface area contributed by atoms with Gasteiger partial charge < -0.3 is 13.3 Å². The monoisotopic (exact) mass is 1440 g/mol. The number of para-hydroxylation sites is 9. The van der Waals surface area contributed by atoms with Crippen molar-refractivity contribution in [2.45, 2.75) is 146 Å². The maximum Gasteiger partial charge on any atom is 0.295 e. The van der Waals surface area contributed by atoms with Crippen LogP contribution in [0.2, 0.25) is 0 Å². The Balaban J connectivity index is 0.000000124. The van der Waals surface area contributed by atoms with Crippen LogP contribution in [0.5, 0.6) is 0 Å². The highest BCUT2D eigenvalue weighted by atomic mass is 16.3. The van der Waals surface area contributed by atoms with E-state index < -0.39 is 0 Å². The van der Waals surface area contributed by atoms with Crippen LogP contribution in [0, 0.1) is 27.7 Å². The lowest BCUT2D eigenvalue weighted by molar-refractivity contribution is -0.634. The molecule has 109 heavy (non-hydrogen) atoms. The molecule has 9 aromatic heterocycles. The van der Waals surface area contributed by atoms with Gasteiger partial charge in [-0.25, -0.2) is 18.7 Å². The van der Waals surface area contributed by atoms with Crippen molar-refractivity contribution < 1.29 is 27.0 Å². The Hall–Kier alpha value is -11.8. The molecule has 0 N–H and O–H groups in total. The highest BCUT2D eigenvalue weighted by Gasteiger charge is 2.36. The summed E-state index contributed by atoms with van der Waals surface area (Å²) < 4.78 is 33.3. The van der Waals surface area contributed by atoms with Crippen LogP contribution >= 0.6 is 0 Å². The number of aryl methyl sites for hydroxylation is 7. The molecular formula is C97H98N9O3+3. The number of furan rings is 3. The van der Waals surface area contributed by atoms with Gasteiger partial charge in [-0.15, -0.1) is 0 Å². The van der Waals surface area contributed by atoms with E-state index in [1.165, 1.54) is 111 Å². The van der Waals surface area contributed by atoms with E-state index in [0.717, 1.165) is 89.0 Å². The van der Waals surface area contributed by atoms with E-state index in [1.807, 2.05) is 31.5 Å². The number of benzene rings is 9. The highest BCUT2D eigenvalue weighted by Crippen LogP contribution is 2.45. The van der Waals surface area contributed by atoms with E-state index in [9.17, 15) is 0 Å². The predicted molar refractivity (Wildman–Crippen MR) is 448 cm³/mol. The maximum absolute atomic E-state index is 6.30. The number of hydrogen-bond donors (Lipinski definition) is 0. The number of imidazole rings is 3. The summed E-state index contributed by atoms with van der Waals surface area (Å²) in [4.78, 5) is 13.2. The van der Waals surface area contributed by atoms with Crippen LogP contribution in [0.4, 0.5) is 0 Å². The van der Waals surface area contributed by atoms with E-state index in [2.05, 4.69) is 343 Å². The van der Waals surface area contributed by atoms with Crippen molar-refractivity contribution in [3.05, 3.63) is 269 Å². The molecule has 18 aromatic rings. The molecule has 12 heteroatoms. The Morgan fingerprint density at radius 3 is 1.04 bits per heavy atom. The summed E-state index contributed by atoms with van der Waals surface area (Å²) in [5, 5.41) is 6.57. The van der Waals surface area contributed by atoms with Crippen molar-refractivity contribution in [2.75, 3.05) is 0 Å². The van der Waals surface area contributed by atoms with Crippen molar-refractivity contribution in [3.8, 4) is 51.2 Å². The first-order chi connectivity index (χ1) is 52.5. The SMILES string of the molecule is Cc1cc2c(cc1-c1n(-c3c(C(C)C)cccc3C(C)C)c3ccccc3[n+]1C)oc1ccncc12.Cc1cc2c(cc1-c1n(-c3c(C(C)C)cccc3C(C)C)c3ccccc3[n+]1C)oc1cnccc12.Cc1ccc2c(n1)oc1cc(-c3n(-c4c(C(C)C)cccc4C(C)C)c4ccccc4[n+]3C)c(C)cc12. The Morgan fingerprint density at radius 1 is 0.303 bits per heavy atom. The average molecular weight is 1440 g/mol. The first-order valence-electron chi connectivity index (χ1n) is 38.7. The third-order valence-corrected chi connectivity index (χ3v) is 22.5. The standard InChI is InChI=1S/C33H34N3O.2C32H32N3O/c1-19(2)23-11-10-12-24(20(3)4)31(23)36-29-14-9-8-13-28(29)35(7)33(36)26-18-30-27(17-21(26)5)25-16-15-22(6)34-32(25)37-30;1-19(2)22-10-9-11-23(20(3)4)31(22)35-28-13-8-7-12-27(28)34(6)32(35)24-17-30-25(16-21(24)5)26-18-33-15-14-29(26)36-30;1-19(2)22-10-9-11-23(20(3)4)31(22)35-28-13-8-7-12-27(28)34(6)32(35)25-17-29-26(16-21(25)5)24-14-15-33-18-30(24)36-29/h8-20H,1-7H3;2*7-20H,1-6H3/q3*+1. The van der Waals surface area contributed by atoms with Crippen molar-refractivity contribution in [1.29, 1.82) is 0 Å². The molecule has 0 spiro atoms. The molecule has 0 saturated heterocycles. The molecule has 0 aliphatic heterocycles. The number of rotatable bonds is 12. The molecule has 0 radical (unpaired) electrons. The van der Waals surface area contributed by atoms with Gasteiger partial charge in [0, 0.05) is 90.0 Å². The second-order valence-electron chi connectivity index (χ2n) is 31.7. The number of pyridine rings is 3. The molecule has 0 bridgehead atoms. The average Bonchev–Trinajstić information content (AvgIpc) is 1.59. The molecule has 0 aliphatic rings. The van der Waals surface area contributed by atoms with Gasteiger partial charge in [-0.1, -0.05) is 174 Å². The first kappa shape index (κ1) is 71.5. The Morgan fingerprint density at radius 2 is 0.642 bits per heavy atom. The summed E-state index contributed by atoms with van der Waals surface area (Å²) in [7, 11) is 6.52. The Bertz CT molecular complexity index is 6270. The smallest absolute Gasteiger partial charge is 0.295 e. The van der Waals surface area contributed by atoms with Gasteiger partial charge in [-0.3, -0.25) is 9.97 Å². The fourth-order valence-corrected chi connectivity index (χ4v) is 17.0. The van der Waals surface area contributed by atoms with Gasteiger partial charge in [-0.2, -0.15) is 13.7 Å². The van der Waals surface area contributed by atoms with Crippen molar-refractivity contribution in [2.24, 2.45) is 21.1 Å². The summed E-state index contributed by atoms with van der Waals surface area (Å²) in [6.07, 6.45) is 7.31. The van der Waals surface area contributed by atoms with Crippen LogP contribution in [0.1, 0.15) is 174 Å². The van der Waals surface area contributed by atoms with Crippen LogP contribution < -0.4 is 13.7 Å². The molecule has 9 heterocycles. The second kappa shape index (κ2) is 28.1. The molecule has 0 aliphatic carbocycles. The largest absolute Gasteiger partial charge is 0.456 e. The van der Waals surface area contributed by atoms with E-state index in [-0.39, 0.29) is 0 Å². The molecule has 546 valence electrons. The van der Waals surface area contributed by atoms with Crippen molar-refractivity contribution >= 4 is 99.0 Å². The molecule has 0 amide bonds. The lowest BCUT2D eigenvalue weighted by atomic mass is 9.92. The summed E-state index contributed by atoms with van der Waals surface area (Å²) in [6.45, 7) is 36.0. The van der Waals surface area contributed by atoms with E-state index in [1.54, 1.807) is 12.4 Å². The quantitative estimate of drug-likeness (QED) is 0.113. The van der Waals surface area contributed by atoms with Gasteiger partial charge in [-0.05, 0) is 177 Å². The molecule has 0 atom stereocenters. The number of nitrogens with zero attached hydrogens (tertiary/aromatic N) is 9. The summed E-state index contributed by atoms with van der Waals surface area (Å²) in [5.74, 6) is 5.82. The molecular weight excluding hydrogens is 1340 g/mol. The highest BCUT2D eigenvalue weighted by molar-refractivity contribution is 6.08. The molecule has 12 nitrogen and oxygen atoms in total. The fourth-order valence-electron chi connectivity index (χ4n) is 17.0. The Labute approximate surface area is 638 Å². The lowest BCUT2D eigenvalue weighted by Gasteiger charge is -2.18. The first-order valence-corrected chi connectivity index (χ1v) is 38.7. The zero-order valence-electron chi connectivity index (χ0n) is 66.4. The van der Waals surface area contributed by atoms with Gasteiger partial charge in [0.1, 0.15) is 39.4 Å². The molecule has 0 unspecified atom stereocenters. The fraction of sp³-hybridized carbons (Fsp3) is 0.258. The predicted octanol–water partition coefficient (Wildman–Crippen LogP) is 24.2. The second-order valence-corrected chi connectivity index (χ2v) is 31.7. The van der Waals surface area contributed by atoms with Gasteiger partial charge in [0.05, 0.1) is 44.0 Å². The zero-order valence-corrected chi connectivity index (χ0v) is 66.4. The van der Waals surface area contributed by atoms with Crippen molar-refractivity contribution in [1.82, 2.24) is 28.7 Å². The minimum absolute atomic E-state index is 0.390. The lowest BCUT2D eigenvalue weighted by Crippen LogP contribution is -2.30. The van der Waals surface area contributed by atoms with Crippen LogP contribution in [0.25, 0.3) is 150 Å². The van der Waals surface area contributed by atoms with Crippen molar-refractivity contribution in [3.63, 3.8) is 0 Å². The number of aromatic nitrogens is 9. The van der Waals surface area contributed by atoms with E-state index in [0.29, 0.717) is 41.2 Å². The number of fused-ring (bicyclic) bond motifs is 12. The van der Waals surface area contributed by atoms with Gasteiger partial charge in [0.15, 0.2) is 38.7 Å². The van der Waals surface area contributed by atoms with Crippen LogP contribution in [0.3, 0.4) is 0 Å². The van der Waals surface area contributed by atoms with E-state index in [4.69, 9.17) is 13.3 Å². The van der Waals surface area contributed by atoms with Gasteiger partial charge in [0.2, 0.25) is 5.71 Å². The summed E-state index contributed by atoms with van der Waals surface area (Å²) >= 11 is 0. The normalized spacial score (nSPS) is 12.1. The summed E-state index contributed by atoms with van der Waals surface area (Å²) in [6, 6.07) is 68.0. The molecule has 0 saturated carbocycles. The maximum atomic E-state index is 6.30. The van der Waals surface area contributed by atoms with E-state index >= 15 is 0 Å². The van der Waals surface area contributed by atoms with Gasteiger partial charge >= 0.3 is 0 Å². The minimum atomic E-state index is 0.390. The van der Waals surface area contributed by atoms with Crippen LogP contribution in [-0.4, -0.2) is 28.7 Å².